The van der Waals surface area contributed by atoms with E-state index < -0.39 is 0 Å². The molecule has 0 fully saturated rings. The summed E-state index contributed by atoms with van der Waals surface area (Å²) >= 11 is 0. The summed E-state index contributed by atoms with van der Waals surface area (Å²) in [5.41, 5.74) is 16.6. The van der Waals surface area contributed by atoms with Crippen LogP contribution in [0.4, 0.5) is 0 Å². The highest BCUT2D eigenvalue weighted by Gasteiger charge is 2.24. The zero-order valence-electron chi connectivity index (χ0n) is 38.7. The number of hydrogen-bond donors (Lipinski definition) is 0. The topological polar surface area (TPSA) is 30.2 Å². The van der Waals surface area contributed by atoms with Gasteiger partial charge in [0.15, 0.2) is 0 Å². The zero-order chi connectivity index (χ0) is 46.8. The van der Waals surface area contributed by atoms with Gasteiger partial charge >= 0.3 is 0 Å². The SMILES string of the molecule is c1ccc(-c2nc3c4ccccc4nc(-c4ccc(-c5c6ccccc6c(-c6ccc7c(-c8ccccc8)c8ccccc8c(-c8ccccc8)c7c6)c6ccccc56)cc4)n3c2-c2ccccc2)cc1. The second-order valence-corrected chi connectivity index (χ2v) is 18.4. The van der Waals surface area contributed by atoms with E-state index in [4.69, 9.17) is 9.97 Å². The Morgan fingerprint density at radius 2 is 0.592 bits per heavy atom. The first kappa shape index (κ1) is 40.6. The van der Waals surface area contributed by atoms with E-state index >= 15 is 0 Å². The van der Waals surface area contributed by atoms with Crippen molar-refractivity contribution >= 4 is 59.6 Å². The van der Waals surface area contributed by atoms with Crippen LogP contribution in [0.3, 0.4) is 0 Å². The maximum atomic E-state index is 5.43. The molecule has 0 bridgehead atoms. The van der Waals surface area contributed by atoms with Crippen molar-refractivity contribution < 1.29 is 0 Å². The number of benzene rings is 12. The summed E-state index contributed by atoms with van der Waals surface area (Å²) in [6.45, 7) is 0. The maximum absolute atomic E-state index is 5.43. The molecule has 71 heavy (non-hydrogen) atoms. The van der Waals surface area contributed by atoms with E-state index in [9.17, 15) is 0 Å². The van der Waals surface area contributed by atoms with Crippen molar-refractivity contribution in [2.24, 2.45) is 0 Å². The lowest BCUT2D eigenvalue weighted by Gasteiger charge is -2.21. The van der Waals surface area contributed by atoms with Gasteiger partial charge in [-0.2, -0.15) is 0 Å². The van der Waals surface area contributed by atoms with E-state index in [0.717, 1.165) is 56.0 Å². The second-order valence-electron chi connectivity index (χ2n) is 18.4. The predicted molar refractivity (Wildman–Crippen MR) is 299 cm³/mol. The summed E-state index contributed by atoms with van der Waals surface area (Å²) in [6, 6.07) is 94.2. The first-order valence-corrected chi connectivity index (χ1v) is 24.3. The minimum absolute atomic E-state index is 0.846. The molecule has 330 valence electrons. The first-order chi connectivity index (χ1) is 35.3. The smallest absolute Gasteiger partial charge is 0.149 e. The summed E-state index contributed by atoms with van der Waals surface area (Å²) in [5, 5.41) is 10.8. The van der Waals surface area contributed by atoms with Gasteiger partial charge in [-0.05, 0) is 106 Å². The number of fused-ring (bicyclic) bond motifs is 7. The van der Waals surface area contributed by atoms with E-state index in [-0.39, 0.29) is 0 Å². The molecule has 2 aromatic heterocycles. The number of imidazole rings is 1. The first-order valence-electron chi connectivity index (χ1n) is 24.3. The van der Waals surface area contributed by atoms with Gasteiger partial charge in [-0.3, -0.25) is 4.40 Å². The third-order valence-electron chi connectivity index (χ3n) is 14.4. The van der Waals surface area contributed by atoms with Gasteiger partial charge in [-0.25, -0.2) is 9.97 Å². The van der Waals surface area contributed by atoms with Crippen LogP contribution < -0.4 is 0 Å². The number of aromatic nitrogens is 3. The fourth-order valence-electron chi connectivity index (χ4n) is 11.3. The lowest BCUT2D eigenvalue weighted by Crippen LogP contribution is -2.00. The lowest BCUT2D eigenvalue weighted by molar-refractivity contribution is 1.13. The Balaban J connectivity index is 0.983. The summed E-state index contributed by atoms with van der Waals surface area (Å²) in [5.74, 6) is 0.846. The largest absolute Gasteiger partial charge is 0.275 e. The number of hydrogen-bond acceptors (Lipinski definition) is 2. The molecular weight excluding hydrogens is 859 g/mol. The van der Waals surface area contributed by atoms with Gasteiger partial charge in [0, 0.05) is 22.1 Å². The van der Waals surface area contributed by atoms with Crippen LogP contribution >= 0.6 is 0 Å². The van der Waals surface area contributed by atoms with Crippen LogP contribution in [-0.4, -0.2) is 14.4 Å². The third-order valence-corrected chi connectivity index (χ3v) is 14.4. The molecule has 3 heteroatoms. The summed E-state index contributed by atoms with van der Waals surface area (Å²) in [4.78, 5) is 10.9. The van der Waals surface area contributed by atoms with Gasteiger partial charge in [0.25, 0.3) is 0 Å². The molecule has 0 saturated carbocycles. The second kappa shape index (κ2) is 16.7. The summed E-state index contributed by atoms with van der Waals surface area (Å²) < 4.78 is 2.27. The Hall–Kier alpha value is -9.44. The molecular formula is C68H43N3. The monoisotopic (exact) mass is 901 g/mol. The van der Waals surface area contributed by atoms with Gasteiger partial charge in [0.1, 0.15) is 11.5 Å². The van der Waals surface area contributed by atoms with Crippen molar-refractivity contribution in [3.8, 4) is 78.4 Å². The number of rotatable bonds is 7. The maximum Gasteiger partial charge on any atom is 0.149 e. The van der Waals surface area contributed by atoms with Crippen LogP contribution in [0.5, 0.6) is 0 Å². The van der Waals surface area contributed by atoms with Crippen LogP contribution in [-0.2, 0) is 0 Å². The average Bonchev–Trinajstić information content (AvgIpc) is 3.86. The number of nitrogens with zero attached hydrogens (tertiary/aromatic N) is 3. The molecule has 12 aromatic carbocycles. The van der Waals surface area contributed by atoms with Gasteiger partial charge in [-0.15, -0.1) is 0 Å². The van der Waals surface area contributed by atoms with Crippen LogP contribution in [0.25, 0.3) is 138 Å². The van der Waals surface area contributed by atoms with Crippen molar-refractivity contribution in [3.05, 3.63) is 261 Å². The minimum atomic E-state index is 0.846. The molecule has 0 aliphatic heterocycles. The van der Waals surface area contributed by atoms with E-state index in [1.54, 1.807) is 0 Å². The normalized spacial score (nSPS) is 11.7. The van der Waals surface area contributed by atoms with Crippen molar-refractivity contribution in [2.75, 3.05) is 0 Å². The van der Waals surface area contributed by atoms with Crippen LogP contribution in [0.15, 0.2) is 261 Å². The molecule has 0 unspecified atom stereocenters. The molecule has 14 aromatic rings. The fourth-order valence-corrected chi connectivity index (χ4v) is 11.3. The third kappa shape index (κ3) is 6.59. The number of para-hydroxylation sites is 1. The molecule has 3 nitrogen and oxygen atoms in total. The highest BCUT2D eigenvalue weighted by molar-refractivity contribution is 6.25. The molecule has 0 amide bonds. The van der Waals surface area contributed by atoms with E-state index in [0.29, 0.717) is 0 Å². The van der Waals surface area contributed by atoms with Crippen molar-refractivity contribution in [3.63, 3.8) is 0 Å². The highest BCUT2D eigenvalue weighted by Crippen LogP contribution is 2.48. The van der Waals surface area contributed by atoms with Gasteiger partial charge in [0.05, 0.1) is 16.9 Å². The van der Waals surface area contributed by atoms with Gasteiger partial charge in [-0.1, -0.05) is 243 Å². The molecule has 0 aliphatic rings. The quantitative estimate of drug-likeness (QED) is 0.149. The van der Waals surface area contributed by atoms with Crippen molar-refractivity contribution in [1.29, 1.82) is 0 Å². The van der Waals surface area contributed by atoms with Gasteiger partial charge in [0.2, 0.25) is 0 Å². The molecule has 2 heterocycles. The molecule has 0 spiro atoms. The van der Waals surface area contributed by atoms with Gasteiger partial charge < -0.3 is 0 Å². The molecule has 0 atom stereocenters. The zero-order valence-corrected chi connectivity index (χ0v) is 38.7. The molecule has 0 radical (unpaired) electrons. The Morgan fingerprint density at radius 3 is 1.10 bits per heavy atom. The van der Waals surface area contributed by atoms with Crippen molar-refractivity contribution in [2.45, 2.75) is 0 Å². The highest BCUT2D eigenvalue weighted by atomic mass is 15.1. The Bertz CT molecular complexity index is 4290. The van der Waals surface area contributed by atoms with Crippen LogP contribution in [0, 0.1) is 0 Å². The average molecular weight is 902 g/mol. The Kier molecular flexibility index (Phi) is 9.53. The predicted octanol–water partition coefficient (Wildman–Crippen LogP) is 18.2. The van der Waals surface area contributed by atoms with Crippen molar-refractivity contribution in [1.82, 2.24) is 14.4 Å². The summed E-state index contributed by atoms with van der Waals surface area (Å²) in [7, 11) is 0. The van der Waals surface area contributed by atoms with E-state index in [2.05, 4.69) is 265 Å². The Morgan fingerprint density at radius 1 is 0.239 bits per heavy atom. The fraction of sp³-hybridized carbons (Fsp3) is 0. The minimum Gasteiger partial charge on any atom is -0.275 e. The van der Waals surface area contributed by atoms with E-state index in [1.165, 1.54) is 82.0 Å². The standard InChI is InChI=1S/C68H43N3/c1-5-21-44(22-6-1)61-51-29-13-16-32-54(51)63(45-23-7-2-8-24-45)59-43-50(41-42-57(59)61)64-55-33-17-14-30-52(55)62(53-31-15-18-34-56(53)64)46-37-39-49(40-38-46)67-69-60-36-20-19-35-58(60)68-70-65(47-25-9-3-10-26-47)66(71(67)68)48-27-11-4-12-28-48/h1-43H. The molecule has 14 rings (SSSR count). The van der Waals surface area contributed by atoms with Crippen LogP contribution in [0.2, 0.25) is 0 Å². The molecule has 0 aliphatic carbocycles. The van der Waals surface area contributed by atoms with Crippen LogP contribution in [0.1, 0.15) is 0 Å². The Labute approximate surface area is 411 Å². The molecule has 0 saturated heterocycles. The lowest BCUT2D eigenvalue weighted by atomic mass is 9.82. The summed E-state index contributed by atoms with van der Waals surface area (Å²) in [6.07, 6.45) is 0. The molecule has 0 N–H and O–H groups in total. The van der Waals surface area contributed by atoms with E-state index in [1.807, 2.05) is 0 Å².